The van der Waals surface area contributed by atoms with Crippen LogP contribution in [0.3, 0.4) is 0 Å². The summed E-state index contributed by atoms with van der Waals surface area (Å²) in [5.74, 6) is -7.61. The molecule has 0 heterocycles. The van der Waals surface area contributed by atoms with Crippen LogP contribution in [0.5, 0.6) is 5.75 Å². The van der Waals surface area contributed by atoms with E-state index in [9.17, 15) is 34.8 Å². The van der Waals surface area contributed by atoms with Gasteiger partial charge in [-0.3, -0.25) is 14.4 Å². The maximum atomic E-state index is 14.1. The summed E-state index contributed by atoms with van der Waals surface area (Å²) in [6, 6.07) is 9.77. The summed E-state index contributed by atoms with van der Waals surface area (Å²) in [4.78, 5) is 41.6. The number of aromatic hydroxyl groups is 1. The van der Waals surface area contributed by atoms with Gasteiger partial charge < -0.3 is 31.1 Å². The Morgan fingerprint density at radius 1 is 1.12 bits per heavy atom. The molecular weight excluding hydrogens is 524 g/mol. The third-order valence-corrected chi connectivity index (χ3v) is 9.12. The predicted octanol–water partition coefficient (Wildman–Crippen LogP) is 3.60. The van der Waals surface area contributed by atoms with E-state index in [-0.39, 0.29) is 35.6 Å². The zero-order chi connectivity index (χ0) is 30.1. The van der Waals surface area contributed by atoms with Crippen LogP contribution in [0, 0.1) is 23.7 Å². The van der Waals surface area contributed by atoms with Crippen molar-refractivity contribution < 1.29 is 34.8 Å². The molecule has 41 heavy (non-hydrogen) atoms. The van der Waals surface area contributed by atoms with E-state index >= 15 is 0 Å². The number of nitrogens with two attached hydrogens (primary N) is 1. The number of carbonyl (C=O) groups is 3. The molecule has 0 aromatic heterocycles. The minimum atomic E-state index is -2.62. The second-order valence-corrected chi connectivity index (χ2v) is 11.9. The van der Waals surface area contributed by atoms with E-state index in [0.717, 1.165) is 16.8 Å². The van der Waals surface area contributed by atoms with Gasteiger partial charge in [0.25, 0.3) is 5.91 Å². The number of phenolic OH excluding ortho intramolecular Hbond substituents is 1. The van der Waals surface area contributed by atoms with Gasteiger partial charge in [-0.05, 0) is 71.6 Å². The molecule has 0 aliphatic heterocycles. The lowest BCUT2D eigenvalue weighted by molar-refractivity contribution is -0.155. The third kappa shape index (κ3) is 3.97. The van der Waals surface area contributed by atoms with Gasteiger partial charge in [-0.25, -0.2) is 0 Å². The first-order valence-electron chi connectivity index (χ1n) is 13.9. The van der Waals surface area contributed by atoms with Gasteiger partial charge >= 0.3 is 0 Å². The minimum absolute atomic E-state index is 0.0844. The number of hydrogen-bond donors (Lipinski definition) is 5. The van der Waals surface area contributed by atoms with Crippen molar-refractivity contribution >= 4 is 28.9 Å². The van der Waals surface area contributed by atoms with Crippen LogP contribution in [0.1, 0.15) is 43.9 Å². The van der Waals surface area contributed by atoms with Crippen molar-refractivity contribution in [3.63, 3.8) is 0 Å². The van der Waals surface area contributed by atoms with E-state index in [1.807, 2.05) is 56.3 Å². The average molecular weight is 561 g/mol. The lowest BCUT2D eigenvalue weighted by Crippen LogP contribution is -2.62. The van der Waals surface area contributed by atoms with Gasteiger partial charge in [0.05, 0.1) is 5.56 Å². The first kappa shape index (κ1) is 28.4. The number of aliphatic hydroxyl groups excluding tert-OH is 2. The van der Waals surface area contributed by atoms with Crippen LogP contribution in [-0.2, 0) is 27.2 Å². The molecule has 0 radical (unpaired) electrons. The summed E-state index contributed by atoms with van der Waals surface area (Å²) in [6.07, 6.45) is 0.792. The van der Waals surface area contributed by atoms with Crippen LogP contribution in [-0.4, -0.2) is 57.6 Å². The van der Waals surface area contributed by atoms with Crippen LogP contribution in [0.25, 0.3) is 16.9 Å². The predicted molar refractivity (Wildman–Crippen MR) is 154 cm³/mol. The van der Waals surface area contributed by atoms with Gasteiger partial charge in [0.1, 0.15) is 22.8 Å². The number of nitrogens with zero attached hydrogens (tertiary/aromatic N) is 1. The van der Waals surface area contributed by atoms with Crippen molar-refractivity contribution in [2.45, 2.75) is 45.6 Å². The zero-order valence-electron chi connectivity index (χ0n) is 23.9. The molecule has 3 aliphatic carbocycles. The largest absolute Gasteiger partial charge is 0.508 e. The summed E-state index contributed by atoms with van der Waals surface area (Å²) >= 11 is 0. The number of fused-ring (bicyclic) bond motifs is 3. The highest BCUT2D eigenvalue weighted by molar-refractivity contribution is 6.23. The summed E-state index contributed by atoms with van der Waals surface area (Å²) in [6.45, 7) is 5.36. The molecule has 4 atom stereocenters. The highest BCUT2D eigenvalue weighted by Gasteiger charge is 2.64. The number of carbonyl (C=O) groups excluding carboxylic acids is 3. The Labute approximate surface area is 238 Å². The van der Waals surface area contributed by atoms with E-state index in [1.165, 1.54) is 0 Å². The van der Waals surface area contributed by atoms with Crippen LogP contribution in [0.2, 0.25) is 0 Å². The number of aryl methyl sites for hydroxylation is 1. The number of ketones is 2. The van der Waals surface area contributed by atoms with Crippen molar-refractivity contribution in [1.82, 2.24) is 0 Å². The van der Waals surface area contributed by atoms with Gasteiger partial charge in [-0.15, -0.1) is 0 Å². The van der Waals surface area contributed by atoms with Gasteiger partial charge in [0.15, 0.2) is 11.4 Å². The number of benzene rings is 2. The molecular formula is C32H36N2O7. The number of rotatable bonds is 5. The normalized spacial score (nSPS) is 25.7. The molecule has 0 bridgehead atoms. The Morgan fingerprint density at radius 3 is 2.29 bits per heavy atom. The van der Waals surface area contributed by atoms with Gasteiger partial charge in [0.2, 0.25) is 5.78 Å². The molecule has 0 unspecified atom stereocenters. The number of amides is 1. The standard InChI is InChI=1S/C32H36N2O7/c1-6-15-11-19(16-7-9-18(10-8-16)34(4)5)20-12-17-13-21-22(14(2)3)27(36)25(31(33)40)30(39)32(21,41)29(38)23(17)28(37)24(20)26(15)35/h7-11,14,17,21-22,35,37,39,41H,6,12-13H2,1-5H3,(H2,33,40)/t17-,21-,22-,32-/m0/s1. The van der Waals surface area contributed by atoms with Crippen molar-refractivity contribution in [1.29, 1.82) is 0 Å². The first-order valence-corrected chi connectivity index (χ1v) is 13.9. The van der Waals surface area contributed by atoms with Crippen LogP contribution >= 0.6 is 0 Å². The van der Waals surface area contributed by atoms with Crippen LogP contribution < -0.4 is 10.6 Å². The van der Waals surface area contributed by atoms with E-state index in [1.54, 1.807) is 13.8 Å². The molecule has 2 aromatic rings. The van der Waals surface area contributed by atoms with Crippen molar-refractivity contribution in [3.8, 4) is 16.9 Å². The molecule has 1 fully saturated rings. The quantitative estimate of drug-likeness (QED) is 0.347. The fourth-order valence-corrected chi connectivity index (χ4v) is 7.07. The number of anilines is 1. The maximum absolute atomic E-state index is 14.1. The topological polar surface area (TPSA) is 161 Å². The van der Waals surface area contributed by atoms with Gasteiger partial charge in [0, 0.05) is 37.2 Å². The molecule has 0 spiro atoms. The fraction of sp³-hybridized carbons (Fsp3) is 0.406. The summed E-state index contributed by atoms with van der Waals surface area (Å²) in [5.41, 5.74) is 5.89. The Hall–Kier alpha value is -4.11. The average Bonchev–Trinajstić information content (AvgIpc) is 2.90. The van der Waals surface area contributed by atoms with E-state index in [4.69, 9.17) is 5.73 Å². The molecule has 3 aliphatic rings. The molecule has 6 N–H and O–H groups in total. The smallest absolute Gasteiger partial charge is 0.255 e. The molecule has 216 valence electrons. The number of primary amides is 1. The highest BCUT2D eigenvalue weighted by Crippen LogP contribution is 2.55. The Kier molecular flexibility index (Phi) is 6.77. The number of Topliss-reactive ketones (excluding diaryl/α,β-unsaturated/α-hetero) is 2. The number of hydrogen-bond acceptors (Lipinski definition) is 8. The van der Waals surface area contributed by atoms with E-state index in [0.29, 0.717) is 17.5 Å². The van der Waals surface area contributed by atoms with Crippen molar-refractivity contribution in [2.24, 2.45) is 29.4 Å². The Bertz CT molecular complexity index is 1550. The van der Waals surface area contributed by atoms with Crippen LogP contribution in [0.15, 0.2) is 47.2 Å². The SMILES string of the molecule is CCc1cc(-c2ccc(N(C)C)cc2)c2c(c1O)C(O)=C1C(=O)[C@]3(O)C(O)=C(C(N)=O)C(=O)[C@@H](C(C)C)[C@@H]3C[C@@H]1C2. The summed E-state index contributed by atoms with van der Waals surface area (Å²) < 4.78 is 0. The van der Waals surface area contributed by atoms with Crippen molar-refractivity contribution in [2.75, 3.05) is 19.0 Å². The summed E-state index contributed by atoms with van der Waals surface area (Å²) in [5, 5.41) is 45.7. The van der Waals surface area contributed by atoms with Crippen LogP contribution in [0.4, 0.5) is 5.69 Å². The van der Waals surface area contributed by atoms with Gasteiger partial charge in [-0.1, -0.05) is 32.9 Å². The molecule has 1 saturated carbocycles. The summed E-state index contributed by atoms with van der Waals surface area (Å²) in [7, 11) is 3.89. The monoisotopic (exact) mass is 560 g/mol. The Morgan fingerprint density at radius 2 is 1.76 bits per heavy atom. The molecule has 0 saturated heterocycles. The highest BCUT2D eigenvalue weighted by atomic mass is 16.3. The Balaban J connectivity index is 1.75. The number of aliphatic hydroxyl groups is 3. The number of phenols is 1. The van der Waals surface area contributed by atoms with Crippen molar-refractivity contribution in [3.05, 3.63) is 63.9 Å². The lowest BCUT2D eigenvalue weighted by atomic mass is 9.54. The van der Waals surface area contributed by atoms with E-state index < -0.39 is 57.9 Å². The minimum Gasteiger partial charge on any atom is -0.508 e. The first-order chi connectivity index (χ1) is 19.2. The second kappa shape index (κ2) is 9.76. The zero-order valence-corrected chi connectivity index (χ0v) is 23.9. The third-order valence-electron chi connectivity index (χ3n) is 9.12. The fourth-order valence-electron chi connectivity index (χ4n) is 7.07. The van der Waals surface area contributed by atoms with Gasteiger partial charge in [-0.2, -0.15) is 0 Å². The molecule has 9 heteroatoms. The molecule has 2 aromatic carbocycles. The second-order valence-electron chi connectivity index (χ2n) is 11.9. The molecule has 9 nitrogen and oxygen atoms in total. The maximum Gasteiger partial charge on any atom is 0.255 e. The molecule has 1 amide bonds. The molecule has 5 rings (SSSR count). The lowest BCUT2D eigenvalue weighted by Gasteiger charge is -2.50. The van der Waals surface area contributed by atoms with E-state index in [2.05, 4.69) is 0 Å².